The number of hydrogen-bond donors (Lipinski definition) is 0. The van der Waals surface area contributed by atoms with Crippen molar-refractivity contribution in [1.29, 1.82) is 0 Å². The van der Waals surface area contributed by atoms with Gasteiger partial charge in [0.1, 0.15) is 0 Å². The number of hydrogen-bond acceptors (Lipinski definition) is 2. The van der Waals surface area contributed by atoms with Gasteiger partial charge in [-0.25, -0.2) is 4.98 Å². The number of rotatable bonds is 2. The van der Waals surface area contributed by atoms with E-state index in [1.165, 1.54) is 0 Å². The average molecular weight is 250 g/mol. The van der Waals surface area contributed by atoms with E-state index < -0.39 is 0 Å². The van der Waals surface area contributed by atoms with E-state index in [0.29, 0.717) is 28.5 Å². The summed E-state index contributed by atoms with van der Waals surface area (Å²) in [6, 6.07) is 6.08. The molecule has 0 aliphatic heterocycles. The highest BCUT2D eigenvalue weighted by molar-refractivity contribution is 7.94. The summed E-state index contributed by atoms with van der Waals surface area (Å²) in [6.07, 6.45) is 4.14. The van der Waals surface area contributed by atoms with Gasteiger partial charge in [-0.3, -0.25) is 0 Å². The lowest BCUT2D eigenvalue weighted by Gasteiger charge is -2.43. The van der Waals surface area contributed by atoms with E-state index >= 15 is 0 Å². The molecule has 2 aromatic rings. The normalized spacial score (nSPS) is 19.5. The molecule has 0 unspecified atom stereocenters. The van der Waals surface area contributed by atoms with Crippen molar-refractivity contribution in [3.8, 4) is 0 Å². The van der Waals surface area contributed by atoms with Gasteiger partial charge in [-0.15, -0.1) is 0 Å². The van der Waals surface area contributed by atoms with E-state index in [-0.39, 0.29) is 0 Å². The Bertz CT molecular complexity index is 554. The molecule has 90 valence electrons. The van der Waals surface area contributed by atoms with Crippen LogP contribution in [0.4, 0.5) is 3.89 Å². The first-order chi connectivity index (χ1) is 8.11. The van der Waals surface area contributed by atoms with Crippen molar-refractivity contribution in [2.45, 2.75) is 37.6 Å². The summed E-state index contributed by atoms with van der Waals surface area (Å²) in [6.45, 7) is 4.54. The van der Waals surface area contributed by atoms with Crippen molar-refractivity contribution in [3.05, 3.63) is 24.5 Å². The fourth-order valence-electron chi connectivity index (χ4n) is 2.81. The van der Waals surface area contributed by atoms with Crippen molar-refractivity contribution in [3.63, 3.8) is 0 Å². The first-order valence-corrected chi connectivity index (χ1v) is 6.56. The van der Waals surface area contributed by atoms with Crippen molar-refractivity contribution < 1.29 is 3.89 Å². The highest BCUT2D eigenvalue weighted by Crippen LogP contribution is 2.49. The molecule has 1 fully saturated rings. The highest BCUT2D eigenvalue weighted by Gasteiger charge is 2.37. The molecule has 1 aromatic carbocycles. The lowest BCUT2D eigenvalue weighted by atomic mass is 9.68. The third-order valence-electron chi connectivity index (χ3n) is 3.61. The van der Waals surface area contributed by atoms with Gasteiger partial charge in [-0.05, 0) is 30.4 Å². The zero-order valence-corrected chi connectivity index (χ0v) is 10.8. The lowest BCUT2D eigenvalue weighted by molar-refractivity contribution is 0.107. The largest absolute Gasteiger partial charge is 0.326 e. The van der Waals surface area contributed by atoms with Crippen LogP contribution in [0.5, 0.6) is 0 Å². The predicted molar refractivity (Wildman–Crippen MR) is 68.8 cm³/mol. The Morgan fingerprint density at radius 1 is 1.41 bits per heavy atom. The Balaban J connectivity index is 2.06. The summed E-state index contributed by atoms with van der Waals surface area (Å²) in [5, 5.41) is 0. The van der Waals surface area contributed by atoms with Crippen LogP contribution in [-0.4, -0.2) is 9.55 Å². The summed E-state index contributed by atoms with van der Waals surface area (Å²) < 4.78 is 15.1. The van der Waals surface area contributed by atoms with Gasteiger partial charge >= 0.3 is 0 Å². The molecule has 4 heteroatoms. The van der Waals surface area contributed by atoms with Gasteiger partial charge in [-0.1, -0.05) is 19.9 Å². The highest BCUT2D eigenvalue weighted by atomic mass is 32.2. The zero-order chi connectivity index (χ0) is 12.0. The third-order valence-corrected chi connectivity index (χ3v) is 4.11. The Morgan fingerprint density at radius 3 is 2.82 bits per heavy atom. The topological polar surface area (TPSA) is 17.8 Å². The van der Waals surface area contributed by atoms with Crippen LogP contribution >= 0.6 is 12.1 Å². The minimum Gasteiger partial charge on any atom is -0.326 e. The standard InChI is InChI=1S/C13H15FN2S/c1-13(2)6-9(7-13)16-8-15-10-4-3-5-11(17-14)12(10)16/h3-5,8-9H,6-7H2,1-2H3. The van der Waals surface area contributed by atoms with Crippen LogP contribution in [0.25, 0.3) is 11.0 Å². The Labute approximate surface area is 105 Å². The number of nitrogens with zero attached hydrogens (tertiary/aromatic N) is 2. The van der Waals surface area contributed by atoms with Crippen molar-refractivity contribution in [2.75, 3.05) is 0 Å². The minimum atomic E-state index is 0.308. The van der Waals surface area contributed by atoms with E-state index in [4.69, 9.17) is 0 Å². The van der Waals surface area contributed by atoms with Crippen LogP contribution in [0.1, 0.15) is 32.7 Å². The zero-order valence-electron chi connectivity index (χ0n) is 9.98. The van der Waals surface area contributed by atoms with Crippen LogP contribution in [-0.2, 0) is 0 Å². The number of imidazole rings is 1. The van der Waals surface area contributed by atoms with E-state index in [1.54, 1.807) is 0 Å². The monoisotopic (exact) mass is 250 g/mol. The molecule has 0 spiro atoms. The van der Waals surface area contributed by atoms with E-state index in [9.17, 15) is 3.89 Å². The summed E-state index contributed by atoms with van der Waals surface area (Å²) >= 11 is 0.308. The molecule has 1 aliphatic rings. The number of benzene rings is 1. The third kappa shape index (κ3) is 1.75. The fourth-order valence-corrected chi connectivity index (χ4v) is 3.22. The summed E-state index contributed by atoms with van der Waals surface area (Å²) in [4.78, 5) is 5.03. The maximum Gasteiger partial charge on any atom is 0.0961 e. The van der Waals surface area contributed by atoms with Crippen LogP contribution in [0, 0.1) is 5.41 Å². The van der Waals surface area contributed by atoms with Gasteiger partial charge in [-0.2, -0.15) is 3.89 Å². The molecule has 1 heterocycles. The quantitative estimate of drug-likeness (QED) is 0.787. The van der Waals surface area contributed by atoms with Gasteiger partial charge in [0, 0.05) is 6.04 Å². The SMILES string of the molecule is CC1(C)CC(n2cnc3cccc(SF)c32)C1. The van der Waals surface area contributed by atoms with Crippen LogP contribution < -0.4 is 0 Å². The van der Waals surface area contributed by atoms with Gasteiger partial charge in [0.05, 0.1) is 34.4 Å². The van der Waals surface area contributed by atoms with Crippen LogP contribution in [0.15, 0.2) is 29.4 Å². The molecule has 1 saturated carbocycles. The van der Waals surface area contributed by atoms with Gasteiger partial charge in [0.15, 0.2) is 0 Å². The predicted octanol–water partition coefficient (Wildman–Crippen LogP) is 4.37. The van der Waals surface area contributed by atoms with Crippen molar-refractivity contribution in [2.24, 2.45) is 5.41 Å². The fraction of sp³-hybridized carbons (Fsp3) is 0.462. The molecule has 0 saturated heterocycles. The van der Waals surface area contributed by atoms with Crippen molar-refractivity contribution >= 4 is 23.2 Å². The molecule has 0 N–H and O–H groups in total. The lowest BCUT2D eigenvalue weighted by Crippen LogP contribution is -2.33. The molecule has 3 rings (SSSR count). The number of fused-ring (bicyclic) bond motifs is 1. The molecule has 0 radical (unpaired) electrons. The second-order valence-corrected chi connectivity index (χ2v) is 6.17. The minimum absolute atomic E-state index is 0.308. The summed E-state index contributed by atoms with van der Waals surface area (Å²) in [7, 11) is 0. The number of aromatic nitrogens is 2. The van der Waals surface area contributed by atoms with Gasteiger partial charge in [0.2, 0.25) is 0 Å². The molecule has 0 bridgehead atoms. The van der Waals surface area contributed by atoms with E-state index in [0.717, 1.165) is 23.9 Å². The molecule has 1 aromatic heterocycles. The summed E-state index contributed by atoms with van der Waals surface area (Å²) in [5.74, 6) is 0. The summed E-state index contributed by atoms with van der Waals surface area (Å²) in [5.41, 5.74) is 2.25. The molecular weight excluding hydrogens is 235 g/mol. The first kappa shape index (κ1) is 11.1. The maximum absolute atomic E-state index is 12.9. The molecular formula is C13H15FN2S. The average Bonchev–Trinajstić information content (AvgIpc) is 2.68. The first-order valence-electron chi connectivity index (χ1n) is 5.85. The number of halogens is 1. The maximum atomic E-state index is 12.9. The smallest absolute Gasteiger partial charge is 0.0961 e. The second-order valence-electron chi connectivity index (χ2n) is 5.58. The molecule has 17 heavy (non-hydrogen) atoms. The van der Waals surface area contributed by atoms with Gasteiger partial charge in [0.25, 0.3) is 0 Å². The Kier molecular flexibility index (Phi) is 2.43. The van der Waals surface area contributed by atoms with E-state index in [2.05, 4.69) is 23.4 Å². The van der Waals surface area contributed by atoms with Crippen LogP contribution in [0.2, 0.25) is 0 Å². The Morgan fingerprint density at radius 2 is 2.18 bits per heavy atom. The molecule has 0 atom stereocenters. The molecule has 0 amide bonds. The van der Waals surface area contributed by atoms with E-state index in [1.807, 2.05) is 24.5 Å². The van der Waals surface area contributed by atoms with Gasteiger partial charge < -0.3 is 4.57 Å². The Hall–Kier alpha value is -1.03. The molecule has 1 aliphatic carbocycles. The van der Waals surface area contributed by atoms with Crippen LogP contribution in [0.3, 0.4) is 0 Å². The second kappa shape index (κ2) is 3.73. The molecule has 2 nitrogen and oxygen atoms in total. The van der Waals surface area contributed by atoms with Crippen molar-refractivity contribution in [1.82, 2.24) is 9.55 Å². The number of para-hydroxylation sites is 1.